The highest BCUT2D eigenvalue weighted by molar-refractivity contribution is 9.10. The molecule has 164 valence electrons. The number of hydrogen-bond acceptors (Lipinski definition) is 4. The molecule has 1 aromatic heterocycles. The number of ether oxygens (including phenoxy) is 1. The molecule has 0 fully saturated rings. The zero-order chi connectivity index (χ0) is 23.5. The molecule has 0 saturated carbocycles. The van der Waals surface area contributed by atoms with Crippen LogP contribution in [0, 0.1) is 11.3 Å². The molecule has 0 aliphatic heterocycles. The fourth-order valence-corrected chi connectivity index (χ4v) is 4.38. The first kappa shape index (κ1) is 22.1. The van der Waals surface area contributed by atoms with Crippen molar-refractivity contribution in [2.45, 2.75) is 6.61 Å². The van der Waals surface area contributed by atoms with Gasteiger partial charge < -0.3 is 19.7 Å². The summed E-state index contributed by atoms with van der Waals surface area (Å²) >= 11 is 3.52. The topological polar surface area (TPSA) is 104 Å². The monoisotopic (exact) mass is 503 g/mol. The average Bonchev–Trinajstić information content (AvgIpc) is 3.09. The third kappa shape index (κ3) is 4.31. The van der Waals surface area contributed by atoms with Gasteiger partial charge in [0.2, 0.25) is 0 Å². The lowest BCUT2D eigenvalue weighted by Crippen LogP contribution is -2.18. The Morgan fingerprint density at radius 1 is 1.12 bits per heavy atom. The number of aromatic carboxylic acids is 1. The molecule has 0 atom stereocenters. The van der Waals surface area contributed by atoms with Crippen molar-refractivity contribution in [1.29, 1.82) is 5.26 Å². The summed E-state index contributed by atoms with van der Waals surface area (Å²) in [5, 5.41) is 22.0. The number of aryl methyl sites for hydroxylation is 1. The number of hydrogen-bond donors (Lipinski definition) is 2. The summed E-state index contributed by atoms with van der Waals surface area (Å²) in [6.45, 7) is 0.373. The second-order valence-corrected chi connectivity index (χ2v) is 8.07. The first-order valence-corrected chi connectivity index (χ1v) is 10.7. The highest BCUT2D eigenvalue weighted by atomic mass is 79.9. The van der Waals surface area contributed by atoms with Gasteiger partial charge in [0.05, 0.1) is 32.9 Å². The van der Waals surface area contributed by atoms with E-state index in [9.17, 15) is 14.7 Å². The number of halogens is 1. The van der Waals surface area contributed by atoms with E-state index in [0.29, 0.717) is 22.5 Å². The van der Waals surface area contributed by atoms with Crippen molar-refractivity contribution in [2.75, 3.05) is 5.32 Å². The summed E-state index contributed by atoms with van der Waals surface area (Å²) < 4.78 is 8.32. The second kappa shape index (κ2) is 9.18. The summed E-state index contributed by atoms with van der Waals surface area (Å²) in [5.74, 6) is -1.12. The number of carboxylic acids is 1. The van der Waals surface area contributed by atoms with E-state index in [1.807, 2.05) is 54.6 Å². The molecule has 0 radical (unpaired) electrons. The van der Waals surface area contributed by atoms with E-state index in [1.165, 1.54) is 18.2 Å². The number of rotatable bonds is 6. The van der Waals surface area contributed by atoms with Crippen LogP contribution in [0.1, 0.15) is 32.0 Å². The second-order valence-electron chi connectivity index (χ2n) is 7.28. The molecular weight excluding hydrogens is 486 g/mol. The molecule has 0 bridgehead atoms. The highest BCUT2D eigenvalue weighted by Crippen LogP contribution is 2.36. The van der Waals surface area contributed by atoms with Crippen molar-refractivity contribution in [3.63, 3.8) is 0 Å². The fourth-order valence-electron chi connectivity index (χ4n) is 3.62. The molecule has 0 unspecified atom stereocenters. The molecule has 2 N–H and O–H groups in total. The lowest BCUT2D eigenvalue weighted by molar-refractivity contribution is 0.0698. The largest absolute Gasteiger partial charge is 0.487 e. The third-order valence-electron chi connectivity index (χ3n) is 5.19. The minimum atomic E-state index is -1.24. The van der Waals surface area contributed by atoms with Crippen molar-refractivity contribution in [2.24, 2.45) is 7.05 Å². The lowest BCUT2D eigenvalue weighted by atomic mass is 10.1. The van der Waals surface area contributed by atoms with Crippen LogP contribution in [0.3, 0.4) is 0 Å². The van der Waals surface area contributed by atoms with Crippen LogP contribution in [-0.2, 0) is 13.7 Å². The van der Waals surface area contributed by atoms with Gasteiger partial charge in [-0.3, -0.25) is 4.79 Å². The van der Waals surface area contributed by atoms with Gasteiger partial charge in [-0.05, 0) is 45.8 Å². The minimum absolute atomic E-state index is 0.101. The molecule has 0 aliphatic rings. The number of benzene rings is 3. The van der Waals surface area contributed by atoms with Crippen molar-refractivity contribution >= 4 is 44.4 Å². The predicted molar refractivity (Wildman–Crippen MR) is 127 cm³/mol. The smallest absolute Gasteiger partial charge is 0.337 e. The maximum Gasteiger partial charge on any atom is 0.337 e. The molecule has 33 heavy (non-hydrogen) atoms. The Morgan fingerprint density at radius 2 is 1.88 bits per heavy atom. The number of fused-ring (bicyclic) bond motifs is 1. The van der Waals surface area contributed by atoms with E-state index < -0.39 is 11.9 Å². The van der Waals surface area contributed by atoms with Crippen LogP contribution in [-0.4, -0.2) is 21.6 Å². The van der Waals surface area contributed by atoms with Crippen LogP contribution in [0.5, 0.6) is 5.75 Å². The Labute approximate surface area is 198 Å². The van der Waals surface area contributed by atoms with E-state index in [0.717, 1.165) is 16.5 Å². The highest BCUT2D eigenvalue weighted by Gasteiger charge is 2.23. The number of para-hydroxylation sites is 1. The molecule has 0 aliphatic carbocycles. The lowest BCUT2D eigenvalue weighted by Gasteiger charge is -2.11. The van der Waals surface area contributed by atoms with Gasteiger partial charge in [-0.15, -0.1) is 0 Å². The van der Waals surface area contributed by atoms with Crippen LogP contribution in [0.4, 0.5) is 5.69 Å². The summed E-state index contributed by atoms with van der Waals surface area (Å²) in [6, 6.07) is 21.3. The van der Waals surface area contributed by atoms with Crippen molar-refractivity contribution in [3.05, 3.63) is 93.6 Å². The Hall–Kier alpha value is -4.09. The van der Waals surface area contributed by atoms with Crippen molar-refractivity contribution < 1.29 is 19.4 Å². The Kier molecular flexibility index (Phi) is 6.16. The number of carbonyl (C=O) groups excluding carboxylic acids is 1. The summed E-state index contributed by atoms with van der Waals surface area (Å²) in [7, 11) is 1.74. The van der Waals surface area contributed by atoms with Gasteiger partial charge in [0.25, 0.3) is 5.91 Å². The molecule has 1 heterocycles. The molecule has 7 nitrogen and oxygen atoms in total. The van der Waals surface area contributed by atoms with E-state index in [-0.39, 0.29) is 16.8 Å². The summed E-state index contributed by atoms with van der Waals surface area (Å²) in [6.07, 6.45) is 0. The number of carbonyl (C=O) groups is 2. The van der Waals surface area contributed by atoms with Crippen LogP contribution >= 0.6 is 15.9 Å². The summed E-state index contributed by atoms with van der Waals surface area (Å²) in [4.78, 5) is 24.8. The van der Waals surface area contributed by atoms with E-state index in [2.05, 4.69) is 21.2 Å². The molecule has 4 aromatic rings. The normalized spacial score (nSPS) is 10.6. The number of nitriles is 1. The zero-order valence-corrected chi connectivity index (χ0v) is 19.1. The minimum Gasteiger partial charge on any atom is -0.487 e. The first-order chi connectivity index (χ1) is 15.9. The fraction of sp³-hybridized carbons (Fsp3) is 0.0800. The average molecular weight is 504 g/mol. The maximum absolute atomic E-state index is 13.2. The zero-order valence-electron chi connectivity index (χ0n) is 17.5. The van der Waals surface area contributed by atoms with Gasteiger partial charge in [0, 0.05) is 12.4 Å². The van der Waals surface area contributed by atoms with Crippen LogP contribution < -0.4 is 10.1 Å². The molecule has 8 heteroatoms. The van der Waals surface area contributed by atoms with Crippen LogP contribution in [0.25, 0.3) is 10.9 Å². The molecule has 0 spiro atoms. The van der Waals surface area contributed by atoms with Crippen LogP contribution in [0.15, 0.2) is 71.2 Å². The van der Waals surface area contributed by atoms with Gasteiger partial charge in [-0.2, -0.15) is 5.26 Å². The SMILES string of the molecule is Cn1c(C(=O)Nc2ccc(C#N)cc2C(=O)O)c(Br)c2cccc(OCc3ccccc3)c21. The van der Waals surface area contributed by atoms with E-state index in [1.54, 1.807) is 11.6 Å². The molecule has 4 rings (SSSR count). The van der Waals surface area contributed by atoms with Gasteiger partial charge in [-0.1, -0.05) is 42.5 Å². The maximum atomic E-state index is 13.2. The van der Waals surface area contributed by atoms with Gasteiger partial charge in [0.1, 0.15) is 18.1 Å². The van der Waals surface area contributed by atoms with Gasteiger partial charge in [-0.25, -0.2) is 4.79 Å². The van der Waals surface area contributed by atoms with Gasteiger partial charge in [0.15, 0.2) is 0 Å². The molecule has 1 amide bonds. The predicted octanol–water partition coefficient (Wildman–Crippen LogP) is 5.34. The number of nitrogens with one attached hydrogen (secondary N) is 1. The first-order valence-electron chi connectivity index (χ1n) is 9.93. The molecule has 3 aromatic carbocycles. The van der Waals surface area contributed by atoms with Crippen molar-refractivity contribution in [1.82, 2.24) is 4.57 Å². The van der Waals surface area contributed by atoms with E-state index >= 15 is 0 Å². The molecule has 0 saturated heterocycles. The number of amides is 1. The standard InChI is InChI=1S/C25H18BrN3O4/c1-29-22-17(8-5-9-20(22)33-14-15-6-3-2-4-7-15)21(26)23(29)24(30)28-19-11-10-16(13-27)12-18(19)25(31)32/h2-12H,14H2,1H3,(H,28,30)(H,31,32). The van der Waals surface area contributed by atoms with Crippen LogP contribution in [0.2, 0.25) is 0 Å². The number of carboxylic acid groups (broad SMARTS) is 1. The Bertz CT molecular complexity index is 1420. The van der Waals surface area contributed by atoms with Crippen molar-refractivity contribution in [3.8, 4) is 11.8 Å². The quantitative estimate of drug-likeness (QED) is 0.369. The Balaban J connectivity index is 1.70. The van der Waals surface area contributed by atoms with E-state index in [4.69, 9.17) is 10.00 Å². The number of nitrogens with zero attached hydrogens (tertiary/aromatic N) is 2. The third-order valence-corrected chi connectivity index (χ3v) is 6.00. The molecular formula is C25H18BrN3O4. The number of anilines is 1. The Morgan fingerprint density at radius 3 is 2.58 bits per heavy atom. The summed E-state index contributed by atoms with van der Waals surface area (Å²) in [5.41, 5.74) is 2.18. The number of aromatic nitrogens is 1. The van der Waals surface area contributed by atoms with Gasteiger partial charge >= 0.3 is 5.97 Å².